The predicted octanol–water partition coefficient (Wildman–Crippen LogP) is 1.29. The van der Waals surface area contributed by atoms with Gasteiger partial charge in [0.2, 0.25) is 0 Å². The molecule has 0 aliphatic rings. The van der Waals surface area contributed by atoms with Gasteiger partial charge in [0.05, 0.1) is 12.7 Å². The first-order valence-electron chi connectivity index (χ1n) is 6.44. The third kappa shape index (κ3) is 2.43. The molecule has 0 unspecified atom stereocenters. The number of nitrogens with zero attached hydrogens (tertiary/aromatic N) is 4. The maximum atomic E-state index is 12.4. The molecule has 0 aliphatic heterocycles. The molecular weight excluding hydrogens is 290 g/mol. The molecule has 2 N–H and O–H groups in total. The summed E-state index contributed by atoms with van der Waals surface area (Å²) < 4.78 is 3.09. The lowest BCUT2D eigenvalue weighted by Gasteiger charge is -2.08. The third-order valence-corrected chi connectivity index (χ3v) is 3.76. The Morgan fingerprint density at radius 2 is 2.19 bits per heavy atom. The average molecular weight is 304 g/mol. The quantitative estimate of drug-likeness (QED) is 0.791. The standard InChI is InChI=1S/C14H14ClN5O/c1-19-13-11(6-18-19)14(21)20(8-17-13)7-10-3-2-9(5-16)4-12(10)15/h2-4,6,8H,5,7,16H2,1H3. The largest absolute Gasteiger partial charge is 0.326 e. The fraction of sp³-hybridized carbons (Fsp3) is 0.214. The minimum absolute atomic E-state index is 0.132. The highest BCUT2D eigenvalue weighted by Crippen LogP contribution is 2.18. The summed E-state index contributed by atoms with van der Waals surface area (Å²) in [7, 11) is 1.75. The van der Waals surface area contributed by atoms with Crippen LogP contribution >= 0.6 is 11.6 Å². The Hall–Kier alpha value is -2.18. The number of hydrogen-bond donors (Lipinski definition) is 1. The summed E-state index contributed by atoms with van der Waals surface area (Å²) in [4.78, 5) is 16.6. The smallest absolute Gasteiger partial charge is 0.264 e. The van der Waals surface area contributed by atoms with Crippen molar-refractivity contribution < 1.29 is 0 Å². The molecule has 0 radical (unpaired) electrons. The Labute approximate surface area is 125 Å². The first-order valence-corrected chi connectivity index (χ1v) is 6.82. The molecule has 21 heavy (non-hydrogen) atoms. The van der Waals surface area contributed by atoms with E-state index in [4.69, 9.17) is 17.3 Å². The van der Waals surface area contributed by atoms with Crippen molar-refractivity contribution in [2.45, 2.75) is 13.1 Å². The predicted molar refractivity (Wildman–Crippen MR) is 81.2 cm³/mol. The van der Waals surface area contributed by atoms with E-state index in [2.05, 4.69) is 10.1 Å². The van der Waals surface area contributed by atoms with Gasteiger partial charge in [0.15, 0.2) is 5.65 Å². The molecule has 2 heterocycles. The van der Waals surface area contributed by atoms with Crippen molar-refractivity contribution in [3.05, 3.63) is 57.2 Å². The van der Waals surface area contributed by atoms with Crippen molar-refractivity contribution in [1.82, 2.24) is 19.3 Å². The zero-order valence-electron chi connectivity index (χ0n) is 11.5. The Morgan fingerprint density at radius 3 is 2.90 bits per heavy atom. The molecule has 0 fully saturated rings. The minimum Gasteiger partial charge on any atom is -0.326 e. The van der Waals surface area contributed by atoms with Crippen molar-refractivity contribution in [2.24, 2.45) is 12.8 Å². The van der Waals surface area contributed by atoms with E-state index in [9.17, 15) is 4.79 Å². The molecular formula is C14H14ClN5O. The number of halogens is 1. The van der Waals surface area contributed by atoms with Crippen molar-refractivity contribution in [2.75, 3.05) is 0 Å². The van der Waals surface area contributed by atoms with Gasteiger partial charge in [0, 0.05) is 18.6 Å². The molecule has 0 saturated heterocycles. The van der Waals surface area contributed by atoms with E-state index in [1.165, 1.54) is 17.1 Å². The number of rotatable bonds is 3. The summed E-state index contributed by atoms with van der Waals surface area (Å²) >= 11 is 6.22. The topological polar surface area (TPSA) is 78.7 Å². The molecule has 7 heteroatoms. The van der Waals surface area contributed by atoms with Crippen LogP contribution in [0, 0.1) is 0 Å². The van der Waals surface area contributed by atoms with Crippen molar-refractivity contribution in [1.29, 1.82) is 0 Å². The molecule has 0 saturated carbocycles. The van der Waals surface area contributed by atoms with Crippen LogP contribution in [0.4, 0.5) is 0 Å². The number of aromatic nitrogens is 4. The number of nitrogens with two attached hydrogens (primary N) is 1. The van der Waals surface area contributed by atoms with Crippen LogP contribution in [0.15, 0.2) is 35.5 Å². The fourth-order valence-electron chi connectivity index (χ4n) is 2.21. The maximum absolute atomic E-state index is 12.4. The lowest BCUT2D eigenvalue weighted by Crippen LogP contribution is -2.21. The molecule has 0 bridgehead atoms. The normalized spacial score (nSPS) is 11.2. The number of hydrogen-bond acceptors (Lipinski definition) is 4. The van der Waals surface area contributed by atoms with Gasteiger partial charge < -0.3 is 5.73 Å². The highest BCUT2D eigenvalue weighted by molar-refractivity contribution is 6.31. The zero-order chi connectivity index (χ0) is 15.0. The zero-order valence-corrected chi connectivity index (χ0v) is 12.2. The second kappa shape index (κ2) is 5.31. The van der Waals surface area contributed by atoms with Gasteiger partial charge in [-0.05, 0) is 17.2 Å². The lowest BCUT2D eigenvalue weighted by atomic mass is 10.1. The van der Waals surface area contributed by atoms with Gasteiger partial charge in [-0.3, -0.25) is 14.0 Å². The maximum Gasteiger partial charge on any atom is 0.264 e. The van der Waals surface area contributed by atoms with Gasteiger partial charge in [-0.2, -0.15) is 5.10 Å². The van der Waals surface area contributed by atoms with Crippen LogP contribution in [-0.4, -0.2) is 19.3 Å². The highest BCUT2D eigenvalue weighted by Gasteiger charge is 2.09. The first kappa shape index (κ1) is 13.8. The molecule has 2 aromatic heterocycles. The van der Waals surface area contributed by atoms with Gasteiger partial charge in [0.1, 0.15) is 11.7 Å². The van der Waals surface area contributed by atoms with Gasteiger partial charge in [-0.15, -0.1) is 0 Å². The van der Waals surface area contributed by atoms with E-state index in [0.29, 0.717) is 29.1 Å². The van der Waals surface area contributed by atoms with Crippen LogP contribution in [-0.2, 0) is 20.1 Å². The van der Waals surface area contributed by atoms with Crippen LogP contribution in [0.5, 0.6) is 0 Å². The van der Waals surface area contributed by atoms with Crippen LogP contribution in [0.3, 0.4) is 0 Å². The van der Waals surface area contributed by atoms with Crippen LogP contribution < -0.4 is 11.3 Å². The van der Waals surface area contributed by atoms with Crippen molar-refractivity contribution >= 4 is 22.6 Å². The summed E-state index contributed by atoms with van der Waals surface area (Å²) in [6, 6.07) is 5.60. The summed E-state index contributed by atoms with van der Waals surface area (Å²) in [5.74, 6) is 0. The number of fused-ring (bicyclic) bond motifs is 1. The Morgan fingerprint density at radius 1 is 1.38 bits per heavy atom. The van der Waals surface area contributed by atoms with Gasteiger partial charge >= 0.3 is 0 Å². The second-order valence-corrected chi connectivity index (χ2v) is 5.22. The molecule has 3 rings (SSSR count). The first-order chi connectivity index (χ1) is 10.1. The van der Waals surface area contributed by atoms with E-state index in [-0.39, 0.29) is 5.56 Å². The monoisotopic (exact) mass is 303 g/mol. The van der Waals surface area contributed by atoms with E-state index in [1.54, 1.807) is 11.7 Å². The molecule has 0 spiro atoms. The van der Waals surface area contributed by atoms with Crippen molar-refractivity contribution in [3.63, 3.8) is 0 Å². The summed E-state index contributed by atoms with van der Waals surface area (Å²) in [5.41, 5.74) is 7.82. The molecule has 6 nitrogen and oxygen atoms in total. The van der Waals surface area contributed by atoms with E-state index >= 15 is 0 Å². The molecule has 0 atom stereocenters. The summed E-state index contributed by atoms with van der Waals surface area (Å²) in [6.45, 7) is 0.795. The summed E-state index contributed by atoms with van der Waals surface area (Å²) in [6.07, 6.45) is 3.04. The Kier molecular flexibility index (Phi) is 3.48. The van der Waals surface area contributed by atoms with Crippen LogP contribution in [0.1, 0.15) is 11.1 Å². The van der Waals surface area contributed by atoms with E-state index in [1.807, 2.05) is 18.2 Å². The number of aryl methyl sites for hydroxylation is 1. The molecule has 0 aliphatic carbocycles. The minimum atomic E-state index is -0.132. The molecule has 1 aromatic carbocycles. The lowest BCUT2D eigenvalue weighted by molar-refractivity contribution is 0.737. The van der Waals surface area contributed by atoms with E-state index in [0.717, 1.165) is 11.1 Å². The van der Waals surface area contributed by atoms with Crippen molar-refractivity contribution in [3.8, 4) is 0 Å². The molecule has 108 valence electrons. The SMILES string of the molecule is Cn1ncc2c(=O)n(Cc3ccc(CN)cc3Cl)cnc21. The second-order valence-electron chi connectivity index (χ2n) is 4.81. The average Bonchev–Trinajstić information content (AvgIpc) is 2.86. The van der Waals surface area contributed by atoms with Crippen LogP contribution in [0.2, 0.25) is 5.02 Å². The van der Waals surface area contributed by atoms with Crippen LogP contribution in [0.25, 0.3) is 11.0 Å². The molecule has 3 aromatic rings. The number of benzene rings is 1. The highest BCUT2D eigenvalue weighted by atomic mass is 35.5. The Balaban J connectivity index is 2.02. The molecule has 0 amide bonds. The fourth-order valence-corrected chi connectivity index (χ4v) is 2.47. The van der Waals surface area contributed by atoms with E-state index < -0.39 is 0 Å². The van der Waals surface area contributed by atoms with Gasteiger partial charge in [-0.25, -0.2) is 4.98 Å². The third-order valence-electron chi connectivity index (χ3n) is 3.41. The Bertz CT molecular complexity index is 867. The van der Waals surface area contributed by atoms with Gasteiger partial charge in [-0.1, -0.05) is 23.7 Å². The summed E-state index contributed by atoms with van der Waals surface area (Å²) in [5, 5.41) is 5.13. The van der Waals surface area contributed by atoms with Gasteiger partial charge in [0.25, 0.3) is 5.56 Å².